The van der Waals surface area contributed by atoms with E-state index in [0.29, 0.717) is 30.0 Å². The Kier molecular flexibility index (Phi) is 5.03. The van der Waals surface area contributed by atoms with Gasteiger partial charge in [0.15, 0.2) is 11.9 Å². The normalized spacial score (nSPS) is 21.1. The molecule has 0 bridgehead atoms. The number of nitrogens with two attached hydrogens (primary N) is 1. The molecular weight excluding hydrogens is 381 g/mol. The van der Waals surface area contributed by atoms with Crippen LogP contribution in [0.2, 0.25) is 0 Å². The van der Waals surface area contributed by atoms with Crippen LogP contribution in [0.3, 0.4) is 0 Å². The molecule has 4 rings (SSSR count). The number of nitrogens with zero attached hydrogens (tertiary/aromatic N) is 3. The van der Waals surface area contributed by atoms with E-state index >= 15 is 0 Å². The van der Waals surface area contributed by atoms with Crippen LogP contribution in [-0.2, 0) is 11.2 Å². The predicted octanol–water partition coefficient (Wildman–Crippen LogP) is 1.07. The summed E-state index contributed by atoms with van der Waals surface area (Å²) in [6, 6.07) is 6.18. The van der Waals surface area contributed by atoms with E-state index < -0.39 is 0 Å². The number of nitrogens with one attached hydrogen (secondary N) is 1. The molecule has 1 atom stereocenters. The highest BCUT2D eigenvalue weighted by Crippen LogP contribution is 2.35. The van der Waals surface area contributed by atoms with Crippen molar-refractivity contribution in [1.29, 1.82) is 0 Å². The predicted molar refractivity (Wildman–Crippen MR) is 103 cm³/mol. The number of quaternary nitrogens is 1. The number of carbonyl (C=O) groups is 1. The first-order valence-electron chi connectivity index (χ1n) is 9.44. The highest BCUT2D eigenvalue weighted by Gasteiger charge is 2.36. The molecule has 4 N–H and O–H groups in total. The second-order valence-electron chi connectivity index (χ2n) is 7.19. The van der Waals surface area contributed by atoms with Gasteiger partial charge in [0, 0.05) is 30.7 Å². The van der Waals surface area contributed by atoms with Crippen LogP contribution in [0, 0.1) is 11.7 Å². The van der Waals surface area contributed by atoms with Gasteiger partial charge in [0.05, 0.1) is 13.1 Å². The van der Waals surface area contributed by atoms with E-state index in [2.05, 4.69) is 10.1 Å². The van der Waals surface area contributed by atoms with Crippen molar-refractivity contribution in [3.63, 3.8) is 0 Å². The molecule has 1 aliphatic rings. The number of thiazole rings is 1. The summed E-state index contributed by atoms with van der Waals surface area (Å²) in [7, 11) is 0. The Morgan fingerprint density at radius 2 is 2.07 bits per heavy atom. The number of aryl methyl sites for hydroxylation is 1. The maximum Gasteiger partial charge on any atom is 0.235 e. The largest absolute Gasteiger partial charge is 0.492 e. The Hall–Kier alpha value is -2.52. The lowest BCUT2D eigenvalue weighted by Gasteiger charge is -2.33. The zero-order valence-electron chi connectivity index (χ0n) is 15.6. The van der Waals surface area contributed by atoms with Crippen LogP contribution in [0.1, 0.15) is 42.1 Å². The smallest absolute Gasteiger partial charge is 0.235 e. The van der Waals surface area contributed by atoms with Gasteiger partial charge in [-0.1, -0.05) is 18.3 Å². The molecule has 1 fully saturated rings. The number of carbonyl (C=O) groups excluding carboxylic acids is 1. The zero-order valence-corrected chi connectivity index (χ0v) is 16.4. The quantitative estimate of drug-likeness (QED) is 0.592. The molecule has 2 aromatic heterocycles. The SMILES string of the molecule is CCc1nc2sc([C@H](c3ccc(F)cc3)[NH+]3CCC(C(N)=O)CC3)c(O)n2n1. The molecule has 0 saturated carbocycles. The van der Waals surface area contributed by atoms with E-state index in [0.717, 1.165) is 23.5 Å². The van der Waals surface area contributed by atoms with Crippen molar-refractivity contribution >= 4 is 22.2 Å². The molecule has 148 valence electrons. The van der Waals surface area contributed by atoms with Gasteiger partial charge in [-0.3, -0.25) is 4.79 Å². The number of amides is 1. The summed E-state index contributed by atoms with van der Waals surface area (Å²) in [6.07, 6.45) is 2.09. The first kappa shape index (κ1) is 18.8. The highest BCUT2D eigenvalue weighted by molar-refractivity contribution is 7.17. The van der Waals surface area contributed by atoms with Crippen LogP contribution in [0.5, 0.6) is 5.88 Å². The standard InChI is InChI=1S/C19H22FN5O2S/c1-2-14-22-19-25(23-14)18(27)16(28-19)15(11-3-5-13(20)6-4-11)24-9-7-12(8-10-24)17(21)26/h3-6,12,15,27H,2,7-10H2,1H3,(H2,21,26)/p+1/t15-/m0/s1. The highest BCUT2D eigenvalue weighted by atomic mass is 32.1. The van der Waals surface area contributed by atoms with Crippen LogP contribution in [-0.4, -0.2) is 38.7 Å². The third kappa shape index (κ3) is 3.35. The fourth-order valence-electron chi connectivity index (χ4n) is 3.92. The number of rotatable bonds is 5. The Morgan fingerprint density at radius 3 is 2.64 bits per heavy atom. The van der Waals surface area contributed by atoms with Gasteiger partial charge in [-0.2, -0.15) is 4.52 Å². The summed E-state index contributed by atoms with van der Waals surface area (Å²) in [5.41, 5.74) is 6.38. The van der Waals surface area contributed by atoms with Crippen molar-refractivity contribution in [2.75, 3.05) is 13.1 Å². The second-order valence-corrected chi connectivity index (χ2v) is 8.19. The minimum Gasteiger partial charge on any atom is -0.492 e. The minimum absolute atomic E-state index is 0.0750. The van der Waals surface area contributed by atoms with Gasteiger partial charge in [0.2, 0.25) is 16.7 Å². The topological polar surface area (TPSA) is 98.0 Å². The zero-order chi connectivity index (χ0) is 19.8. The molecule has 1 saturated heterocycles. The molecule has 1 aliphatic heterocycles. The van der Waals surface area contributed by atoms with E-state index in [9.17, 15) is 14.3 Å². The van der Waals surface area contributed by atoms with Gasteiger partial charge in [-0.15, -0.1) is 5.10 Å². The van der Waals surface area contributed by atoms with Crippen molar-refractivity contribution in [2.24, 2.45) is 11.7 Å². The van der Waals surface area contributed by atoms with Crippen LogP contribution >= 0.6 is 11.3 Å². The number of piperidine rings is 1. The van der Waals surface area contributed by atoms with Gasteiger partial charge in [-0.25, -0.2) is 9.37 Å². The lowest BCUT2D eigenvalue weighted by atomic mass is 9.93. The van der Waals surface area contributed by atoms with Crippen molar-refractivity contribution < 1.29 is 19.2 Å². The molecule has 28 heavy (non-hydrogen) atoms. The number of primary amides is 1. The first-order valence-corrected chi connectivity index (χ1v) is 10.3. The molecular formula is C19H23FN5O2S+. The van der Waals surface area contributed by atoms with Gasteiger partial charge >= 0.3 is 0 Å². The van der Waals surface area contributed by atoms with Crippen molar-refractivity contribution in [2.45, 2.75) is 32.2 Å². The van der Waals surface area contributed by atoms with E-state index in [1.807, 2.05) is 6.92 Å². The van der Waals surface area contributed by atoms with Gasteiger partial charge < -0.3 is 15.7 Å². The lowest BCUT2D eigenvalue weighted by molar-refractivity contribution is -0.930. The fraction of sp³-hybridized carbons (Fsp3) is 0.421. The molecule has 0 unspecified atom stereocenters. The number of fused-ring (bicyclic) bond motifs is 1. The molecule has 3 aromatic rings. The van der Waals surface area contributed by atoms with Crippen molar-refractivity contribution in [3.8, 4) is 5.88 Å². The van der Waals surface area contributed by atoms with Gasteiger partial charge in [0.1, 0.15) is 10.7 Å². The van der Waals surface area contributed by atoms with Gasteiger partial charge in [-0.05, 0) is 24.3 Å². The average molecular weight is 404 g/mol. The number of benzene rings is 1. The number of aromatic nitrogens is 3. The molecule has 1 aromatic carbocycles. The summed E-state index contributed by atoms with van der Waals surface area (Å²) in [5, 5.41) is 15.2. The van der Waals surface area contributed by atoms with E-state index in [4.69, 9.17) is 5.73 Å². The lowest BCUT2D eigenvalue weighted by Crippen LogP contribution is -3.13. The number of halogens is 1. The number of aromatic hydroxyl groups is 1. The Bertz CT molecular complexity index is 992. The van der Waals surface area contributed by atoms with Crippen LogP contribution < -0.4 is 10.6 Å². The summed E-state index contributed by atoms with van der Waals surface area (Å²) >= 11 is 1.40. The van der Waals surface area contributed by atoms with Crippen LogP contribution in [0.4, 0.5) is 4.39 Å². The first-order chi connectivity index (χ1) is 13.5. The fourth-order valence-corrected chi connectivity index (χ4v) is 5.08. The third-order valence-electron chi connectivity index (χ3n) is 5.46. The number of likely N-dealkylation sites (tertiary alicyclic amines) is 1. The van der Waals surface area contributed by atoms with Crippen LogP contribution in [0.15, 0.2) is 24.3 Å². The number of hydrogen-bond acceptors (Lipinski definition) is 5. The number of hydrogen-bond donors (Lipinski definition) is 3. The van der Waals surface area contributed by atoms with Gasteiger partial charge in [0.25, 0.3) is 0 Å². The van der Waals surface area contributed by atoms with Crippen molar-refractivity contribution in [1.82, 2.24) is 14.6 Å². The summed E-state index contributed by atoms with van der Waals surface area (Å²) in [4.78, 5) is 18.6. The maximum absolute atomic E-state index is 13.5. The minimum atomic E-state index is -0.301. The average Bonchev–Trinajstić information content (AvgIpc) is 3.23. The van der Waals surface area contributed by atoms with E-state index in [-0.39, 0.29) is 29.6 Å². The summed E-state index contributed by atoms with van der Waals surface area (Å²) < 4.78 is 15.0. The molecule has 0 spiro atoms. The van der Waals surface area contributed by atoms with Crippen LogP contribution in [0.25, 0.3) is 4.96 Å². The Morgan fingerprint density at radius 1 is 1.39 bits per heavy atom. The Labute approximate surface area is 165 Å². The molecule has 9 heteroatoms. The molecule has 3 heterocycles. The Balaban J connectivity index is 1.73. The monoisotopic (exact) mass is 404 g/mol. The van der Waals surface area contributed by atoms with E-state index in [1.54, 1.807) is 12.1 Å². The maximum atomic E-state index is 13.5. The third-order valence-corrected chi connectivity index (χ3v) is 6.55. The van der Waals surface area contributed by atoms with Crippen molar-refractivity contribution in [3.05, 3.63) is 46.3 Å². The molecule has 0 radical (unpaired) electrons. The molecule has 0 aliphatic carbocycles. The molecule has 7 nitrogen and oxygen atoms in total. The summed E-state index contributed by atoms with van der Waals surface area (Å²) in [5.74, 6) is 0.0863. The molecule has 1 amide bonds. The second kappa shape index (κ2) is 7.48. The van der Waals surface area contributed by atoms with E-state index in [1.165, 1.54) is 32.9 Å². The summed E-state index contributed by atoms with van der Waals surface area (Å²) in [6.45, 7) is 3.44.